The number of rotatable bonds is 13. The number of piperidine rings is 1. The van der Waals surface area contributed by atoms with Crippen LogP contribution in [0, 0.1) is 11.8 Å². The minimum Gasteiger partial charge on any atom is -0.380 e. The number of fused-ring (bicyclic) bond motifs is 1. The molecule has 11 nitrogen and oxygen atoms in total. The van der Waals surface area contributed by atoms with E-state index in [-0.39, 0.29) is 49.3 Å². The third kappa shape index (κ3) is 7.22. The summed E-state index contributed by atoms with van der Waals surface area (Å²) in [4.78, 5) is 35.1. The number of aryl methyl sites for hydroxylation is 1. The molecular weight excluding hydrogens is 577 g/mol. The van der Waals surface area contributed by atoms with Gasteiger partial charge in [-0.3, -0.25) is 14.3 Å². The number of halogens is 3. The zero-order valence-corrected chi connectivity index (χ0v) is 25.3. The summed E-state index contributed by atoms with van der Waals surface area (Å²) < 4.78 is 51.6. The van der Waals surface area contributed by atoms with Gasteiger partial charge >= 0.3 is 0 Å². The van der Waals surface area contributed by atoms with Crippen LogP contribution in [-0.4, -0.2) is 73.5 Å². The first-order valence-corrected chi connectivity index (χ1v) is 15.6. The van der Waals surface area contributed by atoms with Gasteiger partial charge in [0.2, 0.25) is 5.91 Å². The molecule has 3 unspecified atom stereocenters. The smallest absolute Gasteiger partial charge is 0.270 e. The van der Waals surface area contributed by atoms with Gasteiger partial charge in [-0.1, -0.05) is 33.1 Å². The Morgan fingerprint density at radius 3 is 2.89 bits per heavy atom. The Bertz CT molecular complexity index is 1440. The van der Waals surface area contributed by atoms with Crippen LogP contribution in [0.4, 0.5) is 13.2 Å². The van der Waals surface area contributed by atoms with Crippen LogP contribution in [0.1, 0.15) is 98.3 Å². The Kier molecular flexibility index (Phi) is 10.2. The lowest BCUT2D eigenvalue weighted by Gasteiger charge is -2.32. The molecule has 44 heavy (non-hydrogen) atoms. The first kappa shape index (κ1) is 31.9. The zero-order valence-electron chi connectivity index (χ0n) is 25.3. The van der Waals surface area contributed by atoms with Crippen molar-refractivity contribution in [2.24, 2.45) is 11.8 Å². The van der Waals surface area contributed by atoms with Gasteiger partial charge in [0.25, 0.3) is 17.6 Å². The summed E-state index contributed by atoms with van der Waals surface area (Å²) in [6, 6.07) is 0.986. The molecule has 0 radical (unpaired) electrons. The highest BCUT2D eigenvalue weighted by Crippen LogP contribution is 2.40. The van der Waals surface area contributed by atoms with Crippen LogP contribution in [0.3, 0.4) is 0 Å². The maximum absolute atomic E-state index is 15.2. The number of nitrogens with zero attached hydrogens (tertiary/aromatic N) is 6. The normalized spacial score (nSPS) is 21.6. The van der Waals surface area contributed by atoms with E-state index in [1.807, 2.05) is 0 Å². The lowest BCUT2D eigenvalue weighted by atomic mass is 9.88. The van der Waals surface area contributed by atoms with Crippen molar-refractivity contribution in [1.82, 2.24) is 40.0 Å². The third-order valence-corrected chi connectivity index (χ3v) is 8.77. The highest BCUT2D eigenvalue weighted by molar-refractivity contribution is 5.92. The molecule has 3 aromatic heterocycles. The second kappa shape index (κ2) is 14.0. The highest BCUT2D eigenvalue weighted by Gasteiger charge is 2.46. The molecule has 5 rings (SSSR count). The van der Waals surface area contributed by atoms with E-state index in [1.165, 1.54) is 21.5 Å². The molecular formula is C30H41F3N8O3. The van der Waals surface area contributed by atoms with Crippen molar-refractivity contribution in [3.63, 3.8) is 0 Å². The van der Waals surface area contributed by atoms with Crippen molar-refractivity contribution in [2.45, 2.75) is 89.6 Å². The average Bonchev–Trinajstić information content (AvgIpc) is 3.64. The van der Waals surface area contributed by atoms with Gasteiger partial charge in [0, 0.05) is 31.5 Å². The van der Waals surface area contributed by atoms with Crippen molar-refractivity contribution in [3.05, 3.63) is 41.2 Å². The number of carbonyl (C=O) groups excluding carboxylic acids is 2. The molecule has 0 spiro atoms. The summed E-state index contributed by atoms with van der Waals surface area (Å²) >= 11 is 0. The number of nitrogens with one attached hydrogen (secondary N) is 2. The van der Waals surface area contributed by atoms with Crippen LogP contribution in [-0.2, 0) is 22.5 Å². The number of hydrogen-bond acceptors (Lipinski definition) is 7. The molecule has 0 aliphatic carbocycles. The van der Waals surface area contributed by atoms with Gasteiger partial charge < -0.3 is 15.4 Å². The number of hydrogen-bond donors (Lipinski definition) is 2. The molecule has 2 aliphatic rings. The van der Waals surface area contributed by atoms with Gasteiger partial charge in [-0.05, 0) is 31.2 Å². The van der Waals surface area contributed by atoms with Crippen molar-refractivity contribution in [2.75, 3.05) is 26.4 Å². The molecule has 2 amide bonds. The van der Waals surface area contributed by atoms with Crippen molar-refractivity contribution >= 4 is 17.6 Å². The summed E-state index contributed by atoms with van der Waals surface area (Å²) in [6.45, 7) is 3.92. The van der Waals surface area contributed by atoms with Crippen LogP contribution in [0.15, 0.2) is 18.5 Å². The molecule has 2 fully saturated rings. The van der Waals surface area contributed by atoms with E-state index >= 15 is 8.78 Å². The number of aromatic nitrogens is 6. The molecule has 5 heterocycles. The first-order valence-electron chi connectivity index (χ1n) is 15.6. The van der Waals surface area contributed by atoms with Crippen LogP contribution >= 0.6 is 0 Å². The molecule has 0 saturated carbocycles. The fraction of sp³-hybridized carbons (Fsp3) is 0.667. The monoisotopic (exact) mass is 618 g/mol. The van der Waals surface area contributed by atoms with Gasteiger partial charge in [0.1, 0.15) is 12.4 Å². The Balaban J connectivity index is 1.50. The first-order chi connectivity index (χ1) is 21.2. The van der Waals surface area contributed by atoms with Crippen LogP contribution in [0.25, 0.3) is 5.78 Å². The lowest BCUT2D eigenvalue weighted by Crippen LogP contribution is -2.39. The van der Waals surface area contributed by atoms with Gasteiger partial charge in [-0.2, -0.15) is 10.2 Å². The summed E-state index contributed by atoms with van der Waals surface area (Å²) in [5.41, 5.74) is 1.10. The lowest BCUT2D eigenvalue weighted by molar-refractivity contribution is -0.126. The number of alkyl halides is 3. The summed E-state index contributed by atoms with van der Waals surface area (Å²) in [5.74, 6) is -4.71. The predicted molar refractivity (Wildman–Crippen MR) is 155 cm³/mol. The third-order valence-electron chi connectivity index (χ3n) is 8.77. The summed E-state index contributed by atoms with van der Waals surface area (Å²) in [5, 5.41) is 14.6. The summed E-state index contributed by atoms with van der Waals surface area (Å²) in [7, 11) is 0. The van der Waals surface area contributed by atoms with E-state index in [9.17, 15) is 14.0 Å². The second-order valence-corrected chi connectivity index (χ2v) is 11.9. The van der Waals surface area contributed by atoms with Crippen molar-refractivity contribution in [3.8, 4) is 0 Å². The number of ether oxygens (including phenoxy) is 1. The van der Waals surface area contributed by atoms with Crippen molar-refractivity contribution in [1.29, 1.82) is 0 Å². The standard InChI is InChI=1S/C30H41F3N8O3/c1-3-19(2)6-4-8-22(36-28(43)25-9-13-35-40(25)14-11-31)24-17-41-29(37-24)38-26(21-18-44-15-10-30(21,32)33)23(39-41)16-20-7-5-12-34-27(20)42/h9,13,17,19-22H,3-8,10-12,14-16,18H2,1-2H3,(H,34,42)(H,36,43)/t19?,20-,21?,22?/m1/s1. The maximum atomic E-state index is 15.2. The van der Waals surface area contributed by atoms with E-state index in [0.717, 1.165) is 25.7 Å². The summed E-state index contributed by atoms with van der Waals surface area (Å²) in [6.07, 6.45) is 7.59. The molecule has 0 bridgehead atoms. The Labute approximate surface area is 254 Å². The van der Waals surface area contributed by atoms with Gasteiger partial charge in [0.05, 0.1) is 55.0 Å². The quantitative estimate of drug-likeness (QED) is 0.294. The topological polar surface area (TPSA) is 128 Å². The van der Waals surface area contributed by atoms with Crippen LogP contribution < -0.4 is 10.6 Å². The van der Waals surface area contributed by atoms with Gasteiger partial charge in [-0.25, -0.2) is 27.7 Å². The minimum atomic E-state index is -3.06. The zero-order chi connectivity index (χ0) is 31.3. The van der Waals surface area contributed by atoms with E-state index in [1.54, 1.807) is 6.20 Å². The van der Waals surface area contributed by atoms with Crippen molar-refractivity contribution < 1.29 is 27.5 Å². The number of amides is 2. The Hall–Kier alpha value is -3.55. The molecule has 2 saturated heterocycles. The van der Waals surface area contributed by atoms with E-state index in [4.69, 9.17) is 9.84 Å². The van der Waals surface area contributed by atoms with E-state index in [2.05, 4.69) is 39.5 Å². The molecule has 240 valence electrons. The van der Waals surface area contributed by atoms with Gasteiger partial charge in [0.15, 0.2) is 0 Å². The number of imidazole rings is 1. The molecule has 0 aromatic carbocycles. The molecule has 14 heteroatoms. The fourth-order valence-corrected chi connectivity index (χ4v) is 5.91. The maximum Gasteiger partial charge on any atom is 0.270 e. The second-order valence-electron chi connectivity index (χ2n) is 11.9. The largest absolute Gasteiger partial charge is 0.380 e. The average molecular weight is 619 g/mol. The van der Waals surface area contributed by atoms with Crippen LogP contribution in [0.5, 0.6) is 0 Å². The number of carbonyl (C=O) groups is 2. The predicted octanol–water partition coefficient (Wildman–Crippen LogP) is 4.19. The SMILES string of the molecule is CCC(C)CCCC(NC(=O)c1ccnn1CCF)c1cn2nc(C[C@H]3CCCNC3=O)c(C3COCCC3(F)F)nc2n1. The van der Waals surface area contributed by atoms with E-state index in [0.29, 0.717) is 36.7 Å². The van der Waals surface area contributed by atoms with Crippen LogP contribution in [0.2, 0.25) is 0 Å². The van der Waals surface area contributed by atoms with Gasteiger partial charge in [-0.15, -0.1) is 0 Å². The molecule has 4 atom stereocenters. The Morgan fingerprint density at radius 1 is 1.30 bits per heavy atom. The molecule has 2 aliphatic heterocycles. The Morgan fingerprint density at radius 2 is 2.14 bits per heavy atom. The molecule has 3 aromatic rings. The molecule has 2 N–H and O–H groups in total. The minimum absolute atomic E-state index is 0.0449. The highest BCUT2D eigenvalue weighted by atomic mass is 19.3. The fourth-order valence-electron chi connectivity index (χ4n) is 5.91. The van der Waals surface area contributed by atoms with E-state index < -0.39 is 42.8 Å².